The van der Waals surface area contributed by atoms with Crippen molar-refractivity contribution < 1.29 is 19.8 Å². The maximum absolute atomic E-state index is 10.8. The second-order valence-electron chi connectivity index (χ2n) is 12.9. The highest BCUT2D eigenvalue weighted by atomic mass is 16.4. The standard InChI is InChI=1S/C38H66O4/c1-3-5-7-19-25-33-31-32-34(26-20-15-14-18-24-30-38(41)42)36(35(33)27-21-8-6-4-2)28-22-16-12-10-9-11-13-17-23-29-37(39)40/h12,16,22,28,31-36H,3-11,13-15,17-21,23-27,29-30H2,1-2H3,(H,39,40)(H,41,42). The summed E-state index contributed by atoms with van der Waals surface area (Å²) in [6, 6.07) is 0. The van der Waals surface area contributed by atoms with Crippen LogP contribution in [0.15, 0.2) is 36.5 Å². The van der Waals surface area contributed by atoms with E-state index >= 15 is 0 Å². The van der Waals surface area contributed by atoms with Crippen LogP contribution in [0.1, 0.15) is 168 Å². The number of carboxylic acid groups (broad SMARTS) is 2. The Morgan fingerprint density at radius 3 is 1.64 bits per heavy atom. The van der Waals surface area contributed by atoms with Crippen LogP contribution in [0.3, 0.4) is 0 Å². The maximum atomic E-state index is 10.8. The molecule has 42 heavy (non-hydrogen) atoms. The van der Waals surface area contributed by atoms with Gasteiger partial charge >= 0.3 is 11.9 Å². The summed E-state index contributed by atoms with van der Waals surface area (Å²) in [5.74, 6) is 1.31. The molecule has 0 amide bonds. The summed E-state index contributed by atoms with van der Waals surface area (Å²) in [6.07, 6.45) is 41.7. The first-order chi connectivity index (χ1) is 20.5. The molecule has 0 fully saturated rings. The monoisotopic (exact) mass is 586 g/mol. The number of carbonyl (C=O) groups is 2. The first-order valence-corrected chi connectivity index (χ1v) is 17.9. The Balaban J connectivity index is 2.75. The molecule has 0 aromatic heterocycles. The van der Waals surface area contributed by atoms with E-state index in [4.69, 9.17) is 10.2 Å². The van der Waals surface area contributed by atoms with Gasteiger partial charge in [-0.15, -0.1) is 0 Å². The molecule has 4 nitrogen and oxygen atoms in total. The Hall–Kier alpha value is -1.84. The van der Waals surface area contributed by atoms with Crippen LogP contribution < -0.4 is 0 Å². The Kier molecular flexibility index (Phi) is 24.3. The number of aliphatic carboxylic acids is 2. The van der Waals surface area contributed by atoms with Crippen molar-refractivity contribution in [3.63, 3.8) is 0 Å². The van der Waals surface area contributed by atoms with Crippen molar-refractivity contribution in [3.05, 3.63) is 36.5 Å². The number of hydrogen-bond acceptors (Lipinski definition) is 2. The highest BCUT2D eigenvalue weighted by Crippen LogP contribution is 2.42. The van der Waals surface area contributed by atoms with Gasteiger partial charge in [-0.3, -0.25) is 9.59 Å². The minimum absolute atomic E-state index is 0.300. The maximum Gasteiger partial charge on any atom is 0.303 e. The molecule has 4 heteroatoms. The Morgan fingerprint density at radius 1 is 0.571 bits per heavy atom. The zero-order chi connectivity index (χ0) is 30.7. The second kappa shape index (κ2) is 26.8. The molecule has 1 aliphatic rings. The molecule has 0 heterocycles. The molecule has 1 aliphatic carbocycles. The lowest BCUT2D eigenvalue weighted by Gasteiger charge is -2.39. The highest BCUT2D eigenvalue weighted by Gasteiger charge is 2.33. The molecule has 1 rings (SSSR count). The van der Waals surface area contributed by atoms with Crippen LogP contribution in [0.2, 0.25) is 0 Å². The Bertz CT molecular complexity index is 752. The van der Waals surface area contributed by atoms with Crippen molar-refractivity contribution in [2.75, 3.05) is 0 Å². The number of allylic oxidation sites excluding steroid dienone is 6. The fourth-order valence-electron chi connectivity index (χ4n) is 6.69. The lowest BCUT2D eigenvalue weighted by molar-refractivity contribution is -0.138. The number of hydrogen-bond donors (Lipinski definition) is 2. The smallest absolute Gasteiger partial charge is 0.303 e. The van der Waals surface area contributed by atoms with Gasteiger partial charge < -0.3 is 10.2 Å². The second-order valence-corrected chi connectivity index (χ2v) is 12.9. The van der Waals surface area contributed by atoms with Crippen LogP contribution in [-0.2, 0) is 9.59 Å². The first-order valence-electron chi connectivity index (χ1n) is 17.9. The predicted molar refractivity (Wildman–Crippen MR) is 179 cm³/mol. The minimum Gasteiger partial charge on any atom is -0.481 e. The Labute approximate surface area is 259 Å². The van der Waals surface area contributed by atoms with Crippen LogP contribution in [0.5, 0.6) is 0 Å². The van der Waals surface area contributed by atoms with E-state index in [-0.39, 0.29) is 0 Å². The summed E-state index contributed by atoms with van der Waals surface area (Å²) in [6.45, 7) is 4.60. The summed E-state index contributed by atoms with van der Waals surface area (Å²) >= 11 is 0. The molecule has 0 saturated heterocycles. The van der Waals surface area contributed by atoms with Crippen LogP contribution in [0, 0.1) is 23.7 Å². The average molecular weight is 587 g/mol. The average Bonchev–Trinajstić information content (AvgIpc) is 2.96. The van der Waals surface area contributed by atoms with E-state index in [1.54, 1.807) is 0 Å². The van der Waals surface area contributed by atoms with Crippen LogP contribution in [-0.4, -0.2) is 22.2 Å². The van der Waals surface area contributed by atoms with E-state index in [0.717, 1.165) is 50.9 Å². The molecule has 0 radical (unpaired) electrons. The van der Waals surface area contributed by atoms with E-state index in [1.165, 1.54) is 96.3 Å². The van der Waals surface area contributed by atoms with Gasteiger partial charge in [0.15, 0.2) is 0 Å². The third kappa shape index (κ3) is 20.1. The highest BCUT2D eigenvalue weighted by molar-refractivity contribution is 5.66. The zero-order valence-corrected chi connectivity index (χ0v) is 27.5. The van der Waals surface area contributed by atoms with Gasteiger partial charge in [-0.1, -0.05) is 147 Å². The molecule has 0 aliphatic heterocycles. The molecular formula is C38H66O4. The molecule has 0 aromatic carbocycles. The largest absolute Gasteiger partial charge is 0.481 e. The first kappa shape index (κ1) is 38.2. The van der Waals surface area contributed by atoms with Crippen molar-refractivity contribution in [1.82, 2.24) is 0 Å². The summed E-state index contributed by atoms with van der Waals surface area (Å²) < 4.78 is 0. The van der Waals surface area contributed by atoms with Gasteiger partial charge in [-0.05, 0) is 68.6 Å². The molecule has 0 bridgehead atoms. The fourth-order valence-corrected chi connectivity index (χ4v) is 6.69. The SMILES string of the molecule is CCCCCCC1C=CC(CCCCCCCC(=O)O)C(C=CC=CCCCCCCCC(=O)O)C1CCCCCC. The van der Waals surface area contributed by atoms with Crippen molar-refractivity contribution in [2.45, 2.75) is 168 Å². The molecule has 242 valence electrons. The van der Waals surface area contributed by atoms with E-state index in [1.807, 2.05) is 0 Å². The lowest BCUT2D eigenvalue weighted by atomic mass is 9.66. The van der Waals surface area contributed by atoms with E-state index in [2.05, 4.69) is 50.3 Å². The molecule has 0 saturated carbocycles. The van der Waals surface area contributed by atoms with Crippen molar-refractivity contribution >= 4 is 11.9 Å². The summed E-state index contributed by atoms with van der Waals surface area (Å²) in [4.78, 5) is 21.4. The van der Waals surface area contributed by atoms with Gasteiger partial charge in [0, 0.05) is 12.8 Å². The number of unbranched alkanes of at least 4 members (excludes halogenated alkanes) is 15. The molecule has 0 aromatic rings. The molecule has 2 N–H and O–H groups in total. The normalized spacial score (nSPS) is 20.6. The van der Waals surface area contributed by atoms with Crippen molar-refractivity contribution in [2.24, 2.45) is 23.7 Å². The third-order valence-electron chi connectivity index (χ3n) is 9.20. The summed E-state index contributed by atoms with van der Waals surface area (Å²) in [5, 5.41) is 17.6. The summed E-state index contributed by atoms with van der Waals surface area (Å²) in [7, 11) is 0. The number of rotatable bonds is 28. The van der Waals surface area contributed by atoms with Gasteiger partial charge in [-0.25, -0.2) is 0 Å². The number of carboxylic acids is 2. The quantitative estimate of drug-likeness (QED) is 0.0543. The van der Waals surface area contributed by atoms with Gasteiger partial charge in [0.25, 0.3) is 0 Å². The van der Waals surface area contributed by atoms with Gasteiger partial charge in [0.1, 0.15) is 0 Å². The minimum atomic E-state index is -0.681. The molecule has 0 spiro atoms. The topological polar surface area (TPSA) is 74.6 Å². The summed E-state index contributed by atoms with van der Waals surface area (Å²) in [5.41, 5.74) is 0. The van der Waals surface area contributed by atoms with Gasteiger partial charge in [0.2, 0.25) is 0 Å². The predicted octanol–water partition coefficient (Wildman–Crippen LogP) is 11.7. The van der Waals surface area contributed by atoms with E-state index in [0.29, 0.717) is 30.6 Å². The molecule has 4 unspecified atom stereocenters. The van der Waals surface area contributed by atoms with Crippen molar-refractivity contribution in [3.8, 4) is 0 Å². The van der Waals surface area contributed by atoms with Crippen LogP contribution in [0.4, 0.5) is 0 Å². The zero-order valence-electron chi connectivity index (χ0n) is 27.5. The third-order valence-corrected chi connectivity index (χ3v) is 9.20. The lowest BCUT2D eigenvalue weighted by Crippen LogP contribution is -2.30. The van der Waals surface area contributed by atoms with E-state index in [9.17, 15) is 9.59 Å². The Morgan fingerprint density at radius 2 is 1.05 bits per heavy atom. The molecular weight excluding hydrogens is 520 g/mol. The molecule has 4 atom stereocenters. The fraction of sp³-hybridized carbons (Fsp3) is 0.789. The van der Waals surface area contributed by atoms with Gasteiger partial charge in [-0.2, -0.15) is 0 Å². The van der Waals surface area contributed by atoms with Gasteiger partial charge in [0.05, 0.1) is 0 Å². The van der Waals surface area contributed by atoms with E-state index < -0.39 is 11.9 Å². The van der Waals surface area contributed by atoms with Crippen molar-refractivity contribution in [1.29, 1.82) is 0 Å². The van der Waals surface area contributed by atoms with Crippen LogP contribution >= 0.6 is 0 Å². The van der Waals surface area contributed by atoms with Crippen LogP contribution in [0.25, 0.3) is 0 Å².